The van der Waals surface area contributed by atoms with E-state index in [0.29, 0.717) is 36.2 Å². The van der Waals surface area contributed by atoms with E-state index in [9.17, 15) is 19.0 Å². The number of nitrogens with one attached hydrogen (secondary N) is 1. The minimum atomic E-state index is -2.57. The Morgan fingerprint density at radius 2 is 1.46 bits per heavy atom. The van der Waals surface area contributed by atoms with E-state index < -0.39 is 36.7 Å². The van der Waals surface area contributed by atoms with Crippen molar-refractivity contribution < 1.29 is 38.9 Å². The molecule has 0 spiro atoms. The van der Waals surface area contributed by atoms with Gasteiger partial charge in [0.2, 0.25) is 0 Å². The molecule has 2 aliphatic heterocycles. The van der Waals surface area contributed by atoms with Crippen molar-refractivity contribution in [1.29, 1.82) is 0 Å². The highest BCUT2D eigenvalue weighted by atomic mass is 35.6. The molecule has 4 aromatic carbocycles. The summed E-state index contributed by atoms with van der Waals surface area (Å²) in [6, 6.07) is 39.8. The second kappa shape index (κ2) is 16.6. The Labute approximate surface area is 326 Å². The third-order valence-corrected chi connectivity index (χ3v) is 10.7. The Balaban J connectivity index is 1.20. The SMILES string of the molecule is CN(CC[C@H]1CN(C(c2ccccc2)(c2ccccc2)c2ccccc2)C[C@H](n2cnc3c(NC(=O)c4ccccc4)ncnc32)O1)N(O[Cl+2]([O-])[O-])N1N=[P+]1[O-]. The Hall–Kier alpha value is -5.07. The number of halogens is 1. The Bertz CT molecular complexity index is 2200. The number of fused-ring (bicyclic) bond motifs is 1. The molecule has 4 heterocycles. The zero-order valence-electron chi connectivity index (χ0n) is 30.0. The first kappa shape index (κ1) is 37.8. The van der Waals surface area contributed by atoms with Crippen LogP contribution in [0.4, 0.5) is 5.82 Å². The number of hydrogen-bond donors (Lipinski definition) is 1. The third-order valence-electron chi connectivity index (χ3n) is 9.75. The lowest BCUT2D eigenvalue weighted by molar-refractivity contribution is -1.64. The van der Waals surface area contributed by atoms with Gasteiger partial charge in [0.1, 0.15) is 17.8 Å². The van der Waals surface area contributed by atoms with Gasteiger partial charge in [0, 0.05) is 32.2 Å². The average molecular weight is 795 g/mol. The zero-order valence-corrected chi connectivity index (χ0v) is 31.6. The van der Waals surface area contributed by atoms with Crippen molar-refractivity contribution >= 4 is 31.0 Å². The van der Waals surface area contributed by atoms with Crippen LogP contribution in [0.1, 0.15) is 39.7 Å². The first-order valence-electron chi connectivity index (χ1n) is 17.7. The number of imidazole rings is 1. The fourth-order valence-corrected chi connectivity index (χ4v) is 8.13. The van der Waals surface area contributed by atoms with Crippen LogP contribution >= 0.6 is 8.09 Å². The van der Waals surface area contributed by atoms with E-state index in [2.05, 4.69) is 66.4 Å². The predicted octanol–water partition coefficient (Wildman–Crippen LogP) is 2.83. The van der Waals surface area contributed by atoms with Crippen LogP contribution in [0.2, 0.25) is 0 Å². The molecule has 2 aromatic heterocycles. The van der Waals surface area contributed by atoms with Crippen molar-refractivity contribution in [2.24, 2.45) is 4.85 Å². The summed E-state index contributed by atoms with van der Waals surface area (Å²) in [6.45, 7) is 1.04. The summed E-state index contributed by atoms with van der Waals surface area (Å²) in [5.41, 5.74) is 3.64. The molecule has 1 N–H and O–H groups in total. The van der Waals surface area contributed by atoms with E-state index in [-0.39, 0.29) is 18.3 Å². The van der Waals surface area contributed by atoms with Crippen LogP contribution in [-0.4, -0.2) is 78.3 Å². The predicted molar refractivity (Wildman–Crippen MR) is 196 cm³/mol. The number of hydrogen-bond acceptors (Lipinski definition) is 14. The fourth-order valence-electron chi connectivity index (χ4n) is 7.25. The molecule has 1 amide bonds. The van der Waals surface area contributed by atoms with Gasteiger partial charge in [0.05, 0.1) is 22.8 Å². The van der Waals surface area contributed by atoms with Crippen molar-refractivity contribution in [3.63, 3.8) is 0 Å². The number of ether oxygens (including phenoxy) is 1. The highest BCUT2D eigenvalue weighted by Crippen LogP contribution is 2.45. The molecule has 1 saturated heterocycles. The van der Waals surface area contributed by atoms with Gasteiger partial charge in [-0.05, 0) is 35.2 Å². The van der Waals surface area contributed by atoms with Gasteiger partial charge in [-0.15, -0.1) is 0 Å². The van der Waals surface area contributed by atoms with Crippen molar-refractivity contribution in [1.82, 2.24) is 39.6 Å². The van der Waals surface area contributed by atoms with Crippen molar-refractivity contribution in [3.8, 4) is 0 Å². The first-order valence-corrected chi connectivity index (χ1v) is 19.8. The largest absolute Gasteiger partial charge is 0.591 e. The van der Waals surface area contributed by atoms with E-state index in [1.165, 1.54) is 11.3 Å². The number of morpholine rings is 1. The highest BCUT2D eigenvalue weighted by Gasteiger charge is 2.50. The molecule has 0 saturated carbocycles. The number of nitrogens with zero attached hydrogens (tertiary/aromatic N) is 9. The maximum atomic E-state index is 13.2. The van der Waals surface area contributed by atoms with Crippen LogP contribution in [0.3, 0.4) is 0 Å². The Morgan fingerprint density at radius 3 is 2.02 bits per heavy atom. The molecule has 56 heavy (non-hydrogen) atoms. The molecule has 18 heteroatoms. The summed E-state index contributed by atoms with van der Waals surface area (Å²) in [4.78, 5) is 45.9. The summed E-state index contributed by atoms with van der Waals surface area (Å²) in [7, 11) is -3.10. The van der Waals surface area contributed by atoms with Crippen molar-refractivity contribution in [2.45, 2.75) is 24.3 Å². The summed E-state index contributed by atoms with van der Waals surface area (Å²) >= 11 is 0. The topological polar surface area (TPSA) is 185 Å². The molecule has 0 aliphatic carbocycles. The second-order valence-electron chi connectivity index (χ2n) is 13.1. The van der Waals surface area contributed by atoms with E-state index in [4.69, 9.17) is 9.13 Å². The minimum Gasteiger partial charge on any atom is -0.591 e. The molecular weight excluding hydrogens is 759 g/mol. The average Bonchev–Trinajstić information content (AvgIpc) is 3.79. The normalized spacial score (nSPS) is 19.4. The van der Waals surface area contributed by atoms with Gasteiger partial charge < -0.3 is 24.3 Å². The standard InChI is InChI=1S/C38H36ClN10O6P/c1-45(49(55-39(51)52)48-44-56(48)53)23-22-32-24-46(38(29-16-8-3-9-17-29,30-18-10-4-11-19-30)31-20-12-5-13-21-31)25-33(54-32)47-27-42-34-35(40-26-41-36(34)47)43-37(50)28-14-6-2-7-15-28/h2-21,26-27,32-33H,22-25H2,1H3,(H,40,41,43,50)/t32-,33+,48?/m0/s1. The van der Waals surface area contributed by atoms with Gasteiger partial charge in [-0.2, -0.15) is 5.01 Å². The molecule has 2 unspecified atom stereocenters. The number of benzene rings is 4. The molecule has 6 aromatic rings. The number of carbonyl (C=O) groups excluding carboxylic acids is 1. The summed E-state index contributed by atoms with van der Waals surface area (Å²) in [6.07, 6.45) is 2.29. The summed E-state index contributed by atoms with van der Waals surface area (Å²) in [5.74, 6) is -0.0739. The van der Waals surface area contributed by atoms with E-state index >= 15 is 0 Å². The molecular formula is C38H36ClN10O6P. The number of carbonyl (C=O) groups is 1. The van der Waals surface area contributed by atoms with Gasteiger partial charge in [-0.1, -0.05) is 109 Å². The van der Waals surface area contributed by atoms with Gasteiger partial charge in [0.25, 0.3) is 5.91 Å². The number of amides is 1. The van der Waals surface area contributed by atoms with Gasteiger partial charge in [-0.3, -0.25) is 14.3 Å². The molecule has 0 bridgehead atoms. The van der Waals surface area contributed by atoms with Crippen LogP contribution in [-0.2, 0) is 14.7 Å². The van der Waals surface area contributed by atoms with Crippen LogP contribution in [0.5, 0.6) is 0 Å². The number of rotatable bonds is 14. The number of hydrazine groups is 2. The smallest absolute Gasteiger partial charge is 0.339 e. The lowest BCUT2D eigenvalue weighted by atomic mass is 9.75. The van der Waals surface area contributed by atoms with Gasteiger partial charge in [0.15, 0.2) is 26.3 Å². The lowest BCUT2D eigenvalue weighted by Gasteiger charge is -2.50. The molecule has 4 atom stereocenters. The molecule has 1 fully saturated rings. The number of aromatic nitrogens is 4. The van der Waals surface area contributed by atoms with Gasteiger partial charge in [-0.25, -0.2) is 15.0 Å². The molecule has 286 valence electrons. The fraction of sp³-hybridized carbons (Fsp3) is 0.211. The molecule has 8 rings (SSSR count). The molecule has 2 aliphatic rings. The highest BCUT2D eigenvalue weighted by molar-refractivity contribution is 7.41. The monoisotopic (exact) mass is 794 g/mol. The van der Waals surface area contributed by atoms with Crippen molar-refractivity contribution in [3.05, 3.63) is 156 Å². The van der Waals surface area contributed by atoms with Crippen LogP contribution in [0, 0.1) is 10.8 Å². The van der Waals surface area contributed by atoms with Gasteiger partial charge >= 0.3 is 18.9 Å². The third kappa shape index (κ3) is 7.69. The van der Waals surface area contributed by atoms with Crippen LogP contribution < -0.4 is 19.5 Å². The number of anilines is 1. The minimum absolute atomic E-state index is 0.225. The molecule has 0 radical (unpaired) electrons. The Kier molecular flexibility index (Phi) is 11.2. The quantitative estimate of drug-likeness (QED) is 0.0966. The van der Waals surface area contributed by atoms with Crippen LogP contribution in [0.25, 0.3) is 11.2 Å². The van der Waals surface area contributed by atoms with Crippen molar-refractivity contribution in [2.75, 3.05) is 32.0 Å². The summed E-state index contributed by atoms with van der Waals surface area (Å²) in [5, 5.41) is 5.18. The first-order chi connectivity index (χ1) is 27.3. The lowest BCUT2D eigenvalue weighted by Crippen LogP contribution is -2.57. The van der Waals surface area contributed by atoms with E-state index in [0.717, 1.165) is 26.9 Å². The van der Waals surface area contributed by atoms with E-state index in [1.54, 1.807) is 37.6 Å². The zero-order chi connectivity index (χ0) is 38.6. The maximum absolute atomic E-state index is 13.2. The summed E-state index contributed by atoms with van der Waals surface area (Å²) < 4.78 is 36.6. The molecule has 16 nitrogen and oxygen atoms in total. The van der Waals surface area contributed by atoms with E-state index in [1.807, 2.05) is 65.2 Å². The Morgan fingerprint density at radius 1 is 0.893 bits per heavy atom. The van der Waals surface area contributed by atoms with Crippen LogP contribution in [0.15, 0.2) is 139 Å². The second-order valence-corrected chi connectivity index (χ2v) is 14.6. The maximum Gasteiger partial charge on any atom is 0.339 e.